The molecule has 112 valence electrons. The van der Waals surface area contributed by atoms with E-state index in [2.05, 4.69) is 15.9 Å². The topological polar surface area (TPSA) is 54.4 Å². The average Bonchev–Trinajstić information content (AvgIpc) is 2.40. The molecule has 20 heavy (non-hydrogen) atoms. The Morgan fingerprint density at radius 3 is 2.50 bits per heavy atom. The molecular formula is C15H21BrO3S. The zero-order valence-electron chi connectivity index (χ0n) is 11.7. The van der Waals surface area contributed by atoms with Gasteiger partial charge >= 0.3 is 0 Å². The summed E-state index contributed by atoms with van der Waals surface area (Å²) in [7, 11) is -3.24. The number of benzene rings is 1. The monoisotopic (exact) mass is 360 g/mol. The second-order valence-electron chi connectivity index (χ2n) is 5.56. The van der Waals surface area contributed by atoms with Crippen molar-refractivity contribution < 1.29 is 13.5 Å². The van der Waals surface area contributed by atoms with Crippen LogP contribution in [0.15, 0.2) is 27.6 Å². The molecule has 0 bridgehead atoms. The smallest absolute Gasteiger partial charge is 0.178 e. The molecule has 1 aromatic rings. The Morgan fingerprint density at radius 2 is 1.90 bits per heavy atom. The molecule has 2 rings (SSSR count). The van der Waals surface area contributed by atoms with Gasteiger partial charge in [0.25, 0.3) is 0 Å². The number of halogens is 1. The molecule has 0 unspecified atom stereocenters. The molecule has 5 heteroatoms. The van der Waals surface area contributed by atoms with Crippen LogP contribution in [0.4, 0.5) is 0 Å². The summed E-state index contributed by atoms with van der Waals surface area (Å²) in [6.45, 7) is 1.97. The van der Waals surface area contributed by atoms with E-state index < -0.39 is 9.84 Å². The maximum absolute atomic E-state index is 12.6. The zero-order valence-corrected chi connectivity index (χ0v) is 14.1. The lowest BCUT2D eigenvalue weighted by molar-refractivity contribution is 0.113. The van der Waals surface area contributed by atoms with Gasteiger partial charge in [0.2, 0.25) is 0 Å². The van der Waals surface area contributed by atoms with E-state index in [0.29, 0.717) is 11.3 Å². The van der Waals surface area contributed by atoms with E-state index in [0.717, 1.165) is 35.7 Å². The first-order valence-electron chi connectivity index (χ1n) is 7.11. The van der Waals surface area contributed by atoms with Gasteiger partial charge in [0.15, 0.2) is 9.84 Å². The fourth-order valence-electron chi connectivity index (χ4n) is 2.84. The van der Waals surface area contributed by atoms with Crippen LogP contribution in [0.1, 0.15) is 38.2 Å². The van der Waals surface area contributed by atoms with Gasteiger partial charge in [-0.3, -0.25) is 0 Å². The second kappa shape index (κ2) is 6.58. The summed E-state index contributed by atoms with van der Waals surface area (Å²) in [4.78, 5) is 0.467. The van der Waals surface area contributed by atoms with E-state index in [1.807, 2.05) is 13.0 Å². The molecule has 0 radical (unpaired) electrons. The molecular weight excluding hydrogens is 340 g/mol. The minimum Gasteiger partial charge on any atom is -0.393 e. The Labute approximate surface area is 129 Å². The van der Waals surface area contributed by atoms with E-state index in [1.54, 1.807) is 12.1 Å². The summed E-state index contributed by atoms with van der Waals surface area (Å²) in [6.07, 6.45) is 3.52. The number of aliphatic hydroxyl groups excluding tert-OH is 1. The van der Waals surface area contributed by atoms with Crippen LogP contribution in [0.25, 0.3) is 0 Å². The fraction of sp³-hybridized carbons (Fsp3) is 0.600. The molecule has 0 atom stereocenters. The first kappa shape index (κ1) is 16.0. The predicted octanol–water partition coefficient (Wildman–Crippen LogP) is 3.34. The maximum atomic E-state index is 12.6. The second-order valence-corrected chi connectivity index (χ2v) is 8.48. The minimum absolute atomic E-state index is 0.178. The molecule has 0 aliphatic heterocycles. The molecule has 3 nitrogen and oxygen atoms in total. The van der Waals surface area contributed by atoms with E-state index in [1.165, 1.54) is 0 Å². The van der Waals surface area contributed by atoms with E-state index in [9.17, 15) is 13.5 Å². The third-order valence-corrected chi connectivity index (χ3v) is 6.48. The summed E-state index contributed by atoms with van der Waals surface area (Å²) in [5.74, 6) is 0.380. The third kappa shape index (κ3) is 3.83. The average molecular weight is 361 g/mol. The highest BCUT2D eigenvalue weighted by molar-refractivity contribution is 9.10. The molecule has 1 fully saturated rings. The molecule has 0 spiro atoms. The first-order valence-corrected chi connectivity index (χ1v) is 9.56. The number of sulfone groups is 1. The Morgan fingerprint density at radius 1 is 1.25 bits per heavy atom. The number of rotatable bonds is 4. The van der Waals surface area contributed by atoms with Crippen molar-refractivity contribution in [2.24, 2.45) is 5.92 Å². The number of aryl methyl sites for hydroxylation is 1. The highest BCUT2D eigenvalue weighted by atomic mass is 79.9. The van der Waals surface area contributed by atoms with E-state index in [-0.39, 0.29) is 17.8 Å². The zero-order chi connectivity index (χ0) is 14.8. The van der Waals surface area contributed by atoms with Crippen LogP contribution < -0.4 is 0 Å². The van der Waals surface area contributed by atoms with Crippen molar-refractivity contribution in [3.8, 4) is 0 Å². The number of hydrogen-bond acceptors (Lipinski definition) is 3. The molecule has 1 N–H and O–H groups in total. The quantitative estimate of drug-likeness (QED) is 0.895. The molecule has 0 aromatic heterocycles. The van der Waals surface area contributed by atoms with Gasteiger partial charge in [-0.2, -0.15) is 0 Å². The summed E-state index contributed by atoms with van der Waals surface area (Å²) in [5.41, 5.74) is 0.871. The molecule has 0 amide bonds. The molecule has 0 heterocycles. The SMILES string of the molecule is CCc1cc(Br)ccc1S(=O)(=O)CC1CCC(O)CC1. The summed E-state index contributed by atoms with van der Waals surface area (Å²) in [5, 5.41) is 9.50. The van der Waals surface area contributed by atoms with Crippen LogP contribution in [0.2, 0.25) is 0 Å². The predicted molar refractivity (Wildman–Crippen MR) is 83.5 cm³/mol. The van der Waals surface area contributed by atoms with Gasteiger partial charge in [0.05, 0.1) is 16.8 Å². The van der Waals surface area contributed by atoms with Crippen molar-refractivity contribution in [3.63, 3.8) is 0 Å². The number of aliphatic hydroxyl groups is 1. The lowest BCUT2D eigenvalue weighted by Crippen LogP contribution is -2.24. The van der Waals surface area contributed by atoms with Crippen LogP contribution in [0.3, 0.4) is 0 Å². The lowest BCUT2D eigenvalue weighted by atomic mass is 9.89. The fourth-order valence-corrected chi connectivity index (χ4v) is 5.26. The standard InChI is InChI=1S/C15H21BrO3S/c1-2-12-9-13(16)5-8-15(12)20(18,19)10-11-3-6-14(17)7-4-11/h5,8-9,11,14,17H,2-4,6-7,10H2,1H3. The Balaban J connectivity index is 2.18. The van der Waals surface area contributed by atoms with Gasteiger partial charge < -0.3 is 5.11 Å². The van der Waals surface area contributed by atoms with Gasteiger partial charge in [-0.1, -0.05) is 22.9 Å². The van der Waals surface area contributed by atoms with Crippen molar-refractivity contribution in [3.05, 3.63) is 28.2 Å². The number of hydrogen-bond donors (Lipinski definition) is 1. The van der Waals surface area contributed by atoms with E-state index >= 15 is 0 Å². The lowest BCUT2D eigenvalue weighted by Gasteiger charge is -2.25. The molecule has 1 aliphatic carbocycles. The maximum Gasteiger partial charge on any atom is 0.178 e. The highest BCUT2D eigenvalue weighted by Crippen LogP contribution is 2.29. The normalized spacial score (nSPS) is 23.8. The van der Waals surface area contributed by atoms with Gasteiger partial charge in [-0.15, -0.1) is 0 Å². The van der Waals surface area contributed by atoms with Crippen LogP contribution in [-0.2, 0) is 16.3 Å². The molecule has 1 aliphatic rings. The van der Waals surface area contributed by atoms with Gasteiger partial charge in [-0.05, 0) is 61.8 Å². The molecule has 1 aromatic carbocycles. The van der Waals surface area contributed by atoms with Gasteiger partial charge in [-0.25, -0.2) is 8.42 Å². The summed E-state index contributed by atoms with van der Waals surface area (Å²) in [6, 6.07) is 5.38. The van der Waals surface area contributed by atoms with Crippen molar-refractivity contribution in [2.75, 3.05) is 5.75 Å². The molecule has 0 saturated heterocycles. The Kier molecular flexibility index (Phi) is 5.26. The third-order valence-electron chi connectivity index (χ3n) is 4.01. The summed E-state index contributed by atoms with van der Waals surface area (Å²) < 4.78 is 26.1. The largest absolute Gasteiger partial charge is 0.393 e. The minimum atomic E-state index is -3.24. The molecule has 1 saturated carbocycles. The van der Waals surface area contributed by atoms with Gasteiger partial charge in [0, 0.05) is 4.47 Å². The first-order chi connectivity index (χ1) is 9.42. The summed E-state index contributed by atoms with van der Waals surface area (Å²) >= 11 is 3.39. The van der Waals surface area contributed by atoms with Crippen LogP contribution in [-0.4, -0.2) is 25.4 Å². The van der Waals surface area contributed by atoms with E-state index in [4.69, 9.17) is 0 Å². The van der Waals surface area contributed by atoms with Crippen molar-refractivity contribution in [1.82, 2.24) is 0 Å². The Bertz CT molecular complexity index is 560. The highest BCUT2D eigenvalue weighted by Gasteiger charge is 2.27. The van der Waals surface area contributed by atoms with Crippen molar-refractivity contribution in [2.45, 2.75) is 50.0 Å². The van der Waals surface area contributed by atoms with Crippen LogP contribution in [0.5, 0.6) is 0 Å². The van der Waals surface area contributed by atoms with Gasteiger partial charge in [0.1, 0.15) is 0 Å². The van der Waals surface area contributed by atoms with Crippen LogP contribution in [0, 0.1) is 5.92 Å². The van der Waals surface area contributed by atoms with Crippen molar-refractivity contribution in [1.29, 1.82) is 0 Å². The Hall–Kier alpha value is -0.390. The van der Waals surface area contributed by atoms with Crippen molar-refractivity contribution >= 4 is 25.8 Å². The van der Waals surface area contributed by atoms with Crippen LogP contribution >= 0.6 is 15.9 Å².